The van der Waals surface area contributed by atoms with Crippen molar-refractivity contribution in [3.8, 4) is 0 Å². The smallest absolute Gasteiger partial charge is 0.410 e. The van der Waals surface area contributed by atoms with Crippen LogP contribution in [0.3, 0.4) is 0 Å². The Kier molecular flexibility index (Phi) is 7.02. The van der Waals surface area contributed by atoms with Gasteiger partial charge in [-0.3, -0.25) is 4.99 Å². The molecule has 0 aromatic carbocycles. The summed E-state index contributed by atoms with van der Waals surface area (Å²) in [5.74, 6) is 1.75. The number of carbonyl (C=O) groups is 1. The van der Waals surface area contributed by atoms with E-state index < -0.39 is 5.60 Å². The minimum absolute atomic E-state index is 0.168. The van der Waals surface area contributed by atoms with Gasteiger partial charge >= 0.3 is 6.09 Å². The van der Waals surface area contributed by atoms with Crippen molar-refractivity contribution in [2.75, 3.05) is 58.3 Å². The monoisotopic (exact) mass is 417 g/mol. The van der Waals surface area contributed by atoms with Gasteiger partial charge in [-0.05, 0) is 39.4 Å². The van der Waals surface area contributed by atoms with E-state index in [0.29, 0.717) is 25.6 Å². The van der Waals surface area contributed by atoms with E-state index >= 15 is 0 Å². The maximum Gasteiger partial charge on any atom is 0.410 e. The number of anilines is 1. The van der Waals surface area contributed by atoms with E-state index in [1.165, 1.54) is 0 Å². The zero-order valence-electron chi connectivity index (χ0n) is 18.8. The summed E-state index contributed by atoms with van der Waals surface area (Å²) >= 11 is 0. The standard InChI is InChI=1S/C21H35N7O2/c1-21(2,3)30-20(29)28-14-17(15-28)25-19(22-4)24-13-16-6-7-18(23-12-16)27-10-8-26(5)9-11-27/h6-7,12,17H,8-11,13-15H2,1-5H3,(H2,22,24,25). The van der Waals surface area contributed by atoms with Crippen LogP contribution in [0.2, 0.25) is 0 Å². The van der Waals surface area contributed by atoms with Crippen molar-refractivity contribution >= 4 is 17.9 Å². The zero-order valence-corrected chi connectivity index (χ0v) is 18.8. The number of likely N-dealkylation sites (N-methyl/N-ethyl adjacent to an activating group) is 1. The molecule has 2 aliphatic heterocycles. The Morgan fingerprint density at radius 1 is 1.23 bits per heavy atom. The molecule has 3 heterocycles. The predicted molar refractivity (Wildman–Crippen MR) is 119 cm³/mol. The number of pyridine rings is 1. The summed E-state index contributed by atoms with van der Waals surface area (Å²) in [5, 5.41) is 6.66. The van der Waals surface area contributed by atoms with Gasteiger partial charge in [0.15, 0.2) is 5.96 Å². The summed E-state index contributed by atoms with van der Waals surface area (Å²) in [4.78, 5) is 27.3. The molecule has 0 saturated carbocycles. The number of amides is 1. The Hall–Kier alpha value is -2.55. The van der Waals surface area contributed by atoms with E-state index in [1.807, 2.05) is 27.0 Å². The second-order valence-corrected chi connectivity index (χ2v) is 8.97. The van der Waals surface area contributed by atoms with Crippen LogP contribution >= 0.6 is 0 Å². The fraction of sp³-hybridized carbons (Fsp3) is 0.667. The number of aliphatic imine (C=N–C) groups is 1. The van der Waals surface area contributed by atoms with Crippen molar-refractivity contribution in [3.63, 3.8) is 0 Å². The van der Waals surface area contributed by atoms with Crippen LogP contribution in [0.1, 0.15) is 26.3 Å². The molecular weight excluding hydrogens is 382 g/mol. The summed E-state index contributed by atoms with van der Waals surface area (Å²) in [6.45, 7) is 11.6. The number of hydrogen-bond donors (Lipinski definition) is 2. The summed E-state index contributed by atoms with van der Waals surface area (Å²) in [5.41, 5.74) is 0.626. The van der Waals surface area contributed by atoms with Gasteiger partial charge in [-0.2, -0.15) is 0 Å². The van der Waals surface area contributed by atoms with E-state index in [-0.39, 0.29) is 12.1 Å². The molecule has 0 aliphatic carbocycles. The van der Waals surface area contributed by atoms with Crippen molar-refractivity contribution < 1.29 is 9.53 Å². The van der Waals surface area contributed by atoms with Crippen LogP contribution in [0, 0.1) is 0 Å². The number of piperazine rings is 1. The van der Waals surface area contributed by atoms with Crippen molar-refractivity contribution in [1.82, 2.24) is 25.4 Å². The van der Waals surface area contributed by atoms with E-state index in [2.05, 4.69) is 49.6 Å². The van der Waals surface area contributed by atoms with Crippen LogP contribution in [0.5, 0.6) is 0 Å². The Labute approximate surface area is 179 Å². The first kappa shape index (κ1) is 22.1. The lowest BCUT2D eigenvalue weighted by Crippen LogP contribution is -2.63. The maximum atomic E-state index is 12.0. The molecule has 30 heavy (non-hydrogen) atoms. The van der Waals surface area contributed by atoms with Crippen LogP contribution in [0.25, 0.3) is 0 Å². The number of carbonyl (C=O) groups excluding carboxylic acids is 1. The fourth-order valence-electron chi connectivity index (χ4n) is 3.36. The van der Waals surface area contributed by atoms with Crippen LogP contribution in [-0.4, -0.2) is 91.8 Å². The highest BCUT2D eigenvalue weighted by Gasteiger charge is 2.34. The molecule has 0 bridgehead atoms. The Morgan fingerprint density at radius 3 is 2.50 bits per heavy atom. The normalized spacial score (nSPS) is 18.8. The predicted octanol–water partition coefficient (Wildman–Crippen LogP) is 1.12. The molecule has 2 aliphatic rings. The molecule has 2 saturated heterocycles. The minimum atomic E-state index is -0.471. The molecule has 0 radical (unpaired) electrons. The third-order valence-electron chi connectivity index (χ3n) is 5.19. The lowest BCUT2D eigenvalue weighted by atomic mass is 10.1. The highest BCUT2D eigenvalue weighted by atomic mass is 16.6. The highest BCUT2D eigenvalue weighted by Crippen LogP contribution is 2.16. The summed E-state index contributed by atoms with van der Waals surface area (Å²) in [6, 6.07) is 4.36. The first-order valence-electron chi connectivity index (χ1n) is 10.6. The number of guanidine groups is 1. The van der Waals surface area contributed by atoms with E-state index in [0.717, 1.165) is 37.6 Å². The Bertz CT molecular complexity index is 731. The van der Waals surface area contributed by atoms with Crippen LogP contribution in [-0.2, 0) is 11.3 Å². The molecule has 1 amide bonds. The molecule has 9 heteroatoms. The van der Waals surface area contributed by atoms with Crippen LogP contribution < -0.4 is 15.5 Å². The third-order valence-corrected chi connectivity index (χ3v) is 5.19. The minimum Gasteiger partial charge on any atom is -0.444 e. The molecule has 2 N–H and O–H groups in total. The fourth-order valence-corrected chi connectivity index (χ4v) is 3.36. The molecule has 2 fully saturated rings. The molecule has 3 rings (SSSR count). The molecule has 9 nitrogen and oxygen atoms in total. The Morgan fingerprint density at radius 2 is 1.93 bits per heavy atom. The largest absolute Gasteiger partial charge is 0.444 e. The van der Waals surface area contributed by atoms with Gasteiger partial charge < -0.3 is 30.1 Å². The number of likely N-dealkylation sites (tertiary alicyclic amines) is 1. The topological polar surface area (TPSA) is 85.3 Å². The molecule has 0 unspecified atom stereocenters. The Balaban J connectivity index is 1.40. The second kappa shape index (κ2) is 9.51. The molecule has 0 atom stereocenters. The van der Waals surface area contributed by atoms with Gasteiger partial charge in [0.2, 0.25) is 0 Å². The van der Waals surface area contributed by atoms with Gasteiger partial charge in [-0.1, -0.05) is 6.07 Å². The average Bonchev–Trinajstić information content (AvgIpc) is 2.66. The third kappa shape index (κ3) is 6.22. The number of nitrogens with zero attached hydrogens (tertiary/aromatic N) is 5. The number of aromatic nitrogens is 1. The van der Waals surface area contributed by atoms with E-state index in [9.17, 15) is 4.79 Å². The van der Waals surface area contributed by atoms with Crippen molar-refractivity contribution in [3.05, 3.63) is 23.9 Å². The molecular formula is C21H35N7O2. The van der Waals surface area contributed by atoms with Gasteiger partial charge in [0.1, 0.15) is 11.4 Å². The first-order valence-corrected chi connectivity index (χ1v) is 10.6. The molecule has 1 aromatic heterocycles. The van der Waals surface area contributed by atoms with Gasteiger partial charge in [0, 0.05) is 59.1 Å². The van der Waals surface area contributed by atoms with Gasteiger partial charge in [-0.15, -0.1) is 0 Å². The number of hydrogen-bond acceptors (Lipinski definition) is 6. The second-order valence-electron chi connectivity index (χ2n) is 8.97. The van der Waals surface area contributed by atoms with Gasteiger partial charge in [-0.25, -0.2) is 9.78 Å². The maximum absolute atomic E-state index is 12.0. The van der Waals surface area contributed by atoms with Crippen molar-refractivity contribution in [1.29, 1.82) is 0 Å². The molecule has 0 spiro atoms. The number of rotatable bonds is 4. The van der Waals surface area contributed by atoms with Crippen molar-refractivity contribution in [2.24, 2.45) is 4.99 Å². The summed E-state index contributed by atoms with van der Waals surface area (Å²) in [6.07, 6.45) is 1.65. The lowest BCUT2D eigenvalue weighted by molar-refractivity contribution is 0.00701. The first-order chi connectivity index (χ1) is 14.2. The van der Waals surface area contributed by atoms with Crippen LogP contribution in [0.15, 0.2) is 23.3 Å². The van der Waals surface area contributed by atoms with E-state index in [1.54, 1.807) is 11.9 Å². The molecule has 1 aromatic rings. The average molecular weight is 418 g/mol. The van der Waals surface area contributed by atoms with Gasteiger partial charge in [0.05, 0.1) is 6.04 Å². The summed E-state index contributed by atoms with van der Waals surface area (Å²) in [7, 11) is 3.90. The number of ether oxygens (including phenoxy) is 1. The van der Waals surface area contributed by atoms with Crippen LogP contribution in [0.4, 0.5) is 10.6 Å². The number of nitrogens with one attached hydrogen (secondary N) is 2. The molecule has 166 valence electrons. The lowest BCUT2D eigenvalue weighted by Gasteiger charge is -2.40. The van der Waals surface area contributed by atoms with Crippen molar-refractivity contribution in [2.45, 2.75) is 39.0 Å². The zero-order chi connectivity index (χ0) is 21.7. The summed E-state index contributed by atoms with van der Waals surface area (Å²) < 4.78 is 5.39. The highest BCUT2D eigenvalue weighted by molar-refractivity contribution is 5.80. The SMILES string of the molecule is CN=C(NCc1ccc(N2CCN(C)CC2)nc1)NC1CN(C(=O)OC(C)(C)C)C1. The van der Waals surface area contributed by atoms with Gasteiger partial charge in [0.25, 0.3) is 0 Å². The van der Waals surface area contributed by atoms with E-state index in [4.69, 9.17) is 4.74 Å². The quantitative estimate of drug-likeness (QED) is 0.561.